The third-order valence-electron chi connectivity index (χ3n) is 2.86. The van der Waals surface area contributed by atoms with Crippen LogP contribution in [0.15, 0.2) is 52.2 Å². The molecule has 0 bridgehead atoms. The Labute approximate surface area is 114 Å². The summed E-state index contributed by atoms with van der Waals surface area (Å²) in [5.74, 6) is 0.991. The van der Waals surface area contributed by atoms with E-state index in [1.165, 1.54) is 17.8 Å². The highest BCUT2D eigenvalue weighted by Crippen LogP contribution is 2.21. The molecule has 0 aliphatic carbocycles. The lowest BCUT2D eigenvalue weighted by Crippen LogP contribution is -2.19. The van der Waals surface area contributed by atoms with Gasteiger partial charge in [0.25, 0.3) is 5.43 Å². The number of benzene rings is 1. The van der Waals surface area contributed by atoms with Crippen molar-refractivity contribution in [3.63, 3.8) is 0 Å². The monoisotopic (exact) mass is 266 g/mol. The highest BCUT2D eigenvalue weighted by molar-refractivity contribution is 5.58. The first-order chi connectivity index (χ1) is 9.75. The molecule has 1 aromatic carbocycles. The van der Waals surface area contributed by atoms with Crippen molar-refractivity contribution in [2.75, 3.05) is 6.61 Å². The zero-order valence-electron chi connectivity index (χ0n) is 10.4. The minimum absolute atomic E-state index is 0.185. The second-order valence-corrected chi connectivity index (χ2v) is 4.18. The molecule has 4 rings (SSSR count). The summed E-state index contributed by atoms with van der Waals surface area (Å²) in [5.41, 5.74) is 0.451. The van der Waals surface area contributed by atoms with Gasteiger partial charge in [-0.25, -0.2) is 4.98 Å². The second kappa shape index (κ2) is 5.05. The molecular formula is C15H10N2O3. The van der Waals surface area contributed by atoms with Crippen LogP contribution in [0.3, 0.4) is 0 Å². The van der Waals surface area contributed by atoms with Crippen LogP contribution in [-0.2, 0) is 0 Å². The Morgan fingerprint density at radius 1 is 1.10 bits per heavy atom. The summed E-state index contributed by atoms with van der Waals surface area (Å²) in [7, 11) is 0. The first kappa shape index (κ1) is 12.2. The topological polar surface area (TPSA) is 69.2 Å². The van der Waals surface area contributed by atoms with E-state index >= 15 is 0 Å². The molecular weight excluding hydrogens is 256 g/mol. The van der Waals surface area contributed by atoms with E-state index in [0.29, 0.717) is 12.3 Å². The molecule has 98 valence electrons. The van der Waals surface area contributed by atoms with Gasteiger partial charge in [0.2, 0.25) is 0 Å². The van der Waals surface area contributed by atoms with E-state index in [4.69, 9.17) is 4.74 Å². The standard InChI is InChI=1S/C9H8O.C6H2N2O2/c1-2-6-9-8(4-1)5-3-7-10-9;9-5-4-3(1-2-7-4)8-6(5)10/h1-6H,7H2;1-2H. The van der Waals surface area contributed by atoms with Crippen LogP contribution in [0, 0.1) is 0 Å². The Balaban J connectivity index is 0.000000121. The summed E-state index contributed by atoms with van der Waals surface area (Å²) in [6.07, 6.45) is 5.56. The predicted octanol–water partition coefficient (Wildman–Crippen LogP) is 1.27. The van der Waals surface area contributed by atoms with Crippen molar-refractivity contribution in [1.82, 2.24) is 9.97 Å². The van der Waals surface area contributed by atoms with Crippen molar-refractivity contribution < 1.29 is 4.74 Å². The van der Waals surface area contributed by atoms with Crippen LogP contribution in [0.25, 0.3) is 17.5 Å². The minimum atomic E-state index is -0.710. The first-order valence-electron chi connectivity index (χ1n) is 6.06. The molecule has 5 nitrogen and oxygen atoms in total. The van der Waals surface area contributed by atoms with Gasteiger partial charge in [0, 0.05) is 11.8 Å². The Morgan fingerprint density at radius 2 is 1.95 bits per heavy atom. The van der Waals surface area contributed by atoms with Crippen LogP contribution in [0.2, 0.25) is 0 Å². The molecule has 20 heavy (non-hydrogen) atoms. The quantitative estimate of drug-likeness (QED) is 0.573. The molecule has 0 fully saturated rings. The molecule has 0 N–H and O–H groups in total. The molecule has 0 saturated carbocycles. The fourth-order valence-corrected chi connectivity index (χ4v) is 1.92. The zero-order valence-corrected chi connectivity index (χ0v) is 10.4. The van der Waals surface area contributed by atoms with Gasteiger partial charge < -0.3 is 4.74 Å². The maximum absolute atomic E-state index is 10.8. The van der Waals surface area contributed by atoms with Gasteiger partial charge in [-0.2, -0.15) is 0 Å². The van der Waals surface area contributed by atoms with E-state index in [-0.39, 0.29) is 5.69 Å². The Hall–Kier alpha value is -2.82. The van der Waals surface area contributed by atoms with Crippen molar-refractivity contribution in [3.8, 4) is 17.1 Å². The van der Waals surface area contributed by atoms with Gasteiger partial charge in [-0.3, -0.25) is 14.6 Å². The van der Waals surface area contributed by atoms with Crippen LogP contribution in [-0.4, -0.2) is 16.6 Å². The maximum Gasteiger partial charge on any atom is 0.320 e. The largest absolute Gasteiger partial charge is 0.489 e. The number of fused-ring (bicyclic) bond motifs is 2. The van der Waals surface area contributed by atoms with Gasteiger partial charge >= 0.3 is 5.56 Å². The minimum Gasteiger partial charge on any atom is -0.489 e. The predicted molar refractivity (Wildman–Crippen MR) is 74.5 cm³/mol. The van der Waals surface area contributed by atoms with Crippen molar-refractivity contribution >= 4 is 6.08 Å². The van der Waals surface area contributed by atoms with E-state index in [0.717, 1.165) is 5.75 Å². The van der Waals surface area contributed by atoms with Crippen molar-refractivity contribution in [2.45, 2.75) is 0 Å². The van der Waals surface area contributed by atoms with Crippen molar-refractivity contribution in [2.24, 2.45) is 0 Å². The highest BCUT2D eigenvalue weighted by atomic mass is 16.5. The third kappa shape index (κ3) is 2.21. The molecule has 1 aromatic rings. The summed E-state index contributed by atoms with van der Waals surface area (Å²) in [4.78, 5) is 28.4. The third-order valence-corrected chi connectivity index (χ3v) is 2.86. The van der Waals surface area contributed by atoms with Gasteiger partial charge in [-0.15, -0.1) is 0 Å². The lowest BCUT2D eigenvalue weighted by Gasteiger charge is -2.10. The van der Waals surface area contributed by atoms with Crippen LogP contribution in [0.4, 0.5) is 0 Å². The van der Waals surface area contributed by atoms with Gasteiger partial charge in [-0.1, -0.05) is 24.3 Å². The fourth-order valence-electron chi connectivity index (χ4n) is 1.92. The molecule has 0 saturated heterocycles. The lowest BCUT2D eigenvalue weighted by molar-refractivity contribution is 0.358. The average molecular weight is 266 g/mol. The van der Waals surface area contributed by atoms with E-state index in [2.05, 4.69) is 16.0 Å². The zero-order chi connectivity index (χ0) is 13.9. The smallest absolute Gasteiger partial charge is 0.320 e. The fraction of sp³-hybridized carbons (Fsp3) is 0.0667. The summed E-state index contributed by atoms with van der Waals surface area (Å²) in [6.45, 7) is 0.705. The Kier molecular flexibility index (Phi) is 3.09. The van der Waals surface area contributed by atoms with Crippen molar-refractivity contribution in [3.05, 3.63) is 68.7 Å². The van der Waals surface area contributed by atoms with E-state index < -0.39 is 11.0 Å². The van der Waals surface area contributed by atoms with Crippen LogP contribution in [0.5, 0.6) is 5.75 Å². The molecule has 0 radical (unpaired) electrons. The molecule has 0 spiro atoms. The van der Waals surface area contributed by atoms with Crippen LogP contribution >= 0.6 is 0 Å². The Morgan fingerprint density at radius 3 is 2.75 bits per heavy atom. The Bertz CT molecular complexity index is 816. The van der Waals surface area contributed by atoms with E-state index in [1.54, 1.807) is 0 Å². The van der Waals surface area contributed by atoms with Gasteiger partial charge in [-0.05, 0) is 18.2 Å². The van der Waals surface area contributed by atoms with E-state index in [9.17, 15) is 9.59 Å². The molecule has 3 aliphatic heterocycles. The van der Waals surface area contributed by atoms with Gasteiger partial charge in [0.15, 0.2) is 0 Å². The molecule has 0 amide bonds. The molecule has 0 unspecified atom stereocenters. The average Bonchev–Trinajstić information content (AvgIpc) is 3.04. The lowest BCUT2D eigenvalue weighted by atomic mass is 10.1. The molecule has 3 heterocycles. The summed E-state index contributed by atoms with van der Waals surface area (Å²) in [6, 6.07) is 9.57. The highest BCUT2D eigenvalue weighted by Gasteiger charge is 2.14. The first-order valence-corrected chi connectivity index (χ1v) is 6.06. The number of nitrogens with zero attached hydrogens (tertiary/aromatic N) is 2. The normalized spacial score (nSPS) is 12.4. The van der Waals surface area contributed by atoms with Crippen LogP contribution in [0.1, 0.15) is 5.56 Å². The number of ether oxygens (including phenoxy) is 1. The molecule has 0 aromatic heterocycles. The second-order valence-electron chi connectivity index (χ2n) is 4.18. The molecule has 5 heteroatoms. The summed E-state index contributed by atoms with van der Waals surface area (Å²) < 4.78 is 5.34. The van der Waals surface area contributed by atoms with Crippen molar-refractivity contribution in [1.29, 1.82) is 0 Å². The van der Waals surface area contributed by atoms with E-state index in [1.807, 2.05) is 30.3 Å². The number of rotatable bonds is 0. The van der Waals surface area contributed by atoms with Gasteiger partial charge in [0.1, 0.15) is 18.1 Å². The SMILES string of the molecule is C1=Cc2ccccc2OC1.O=c1nc2ccnc-2c1=O. The number of aromatic nitrogens is 2. The van der Waals surface area contributed by atoms with Crippen LogP contribution < -0.4 is 15.7 Å². The number of hydrogen-bond donors (Lipinski definition) is 0. The summed E-state index contributed by atoms with van der Waals surface area (Å²) >= 11 is 0. The summed E-state index contributed by atoms with van der Waals surface area (Å²) in [5, 5.41) is 0. The number of para-hydroxylation sites is 1. The molecule has 0 atom stereocenters. The molecule has 3 aliphatic rings. The maximum atomic E-state index is 10.8. The number of hydrogen-bond acceptors (Lipinski definition) is 5. The van der Waals surface area contributed by atoms with Gasteiger partial charge in [0.05, 0.1) is 5.69 Å².